The Morgan fingerprint density at radius 1 is 1.26 bits per heavy atom. The number of halogens is 1. The van der Waals surface area contributed by atoms with Gasteiger partial charge in [0.05, 0.1) is 6.04 Å². The number of hydrogen-bond acceptors (Lipinski definition) is 3. The van der Waals surface area contributed by atoms with Crippen LogP contribution in [0.15, 0.2) is 41.4 Å². The minimum absolute atomic E-state index is 0.138. The van der Waals surface area contributed by atoms with Crippen LogP contribution in [0.1, 0.15) is 36.1 Å². The molecule has 0 fully saturated rings. The lowest BCUT2D eigenvalue weighted by Gasteiger charge is -2.21. The average Bonchev–Trinajstić information content (AvgIpc) is 2.45. The minimum atomic E-state index is 0.138. The van der Waals surface area contributed by atoms with Crippen LogP contribution in [-0.4, -0.2) is 16.5 Å². The van der Waals surface area contributed by atoms with Crippen molar-refractivity contribution < 1.29 is 0 Å². The van der Waals surface area contributed by atoms with Crippen LogP contribution in [0.5, 0.6) is 0 Å². The van der Waals surface area contributed by atoms with E-state index in [1.54, 1.807) is 6.33 Å². The van der Waals surface area contributed by atoms with Gasteiger partial charge in [-0.3, -0.25) is 0 Å². The van der Waals surface area contributed by atoms with Crippen molar-refractivity contribution in [2.75, 3.05) is 6.54 Å². The van der Waals surface area contributed by atoms with Crippen molar-refractivity contribution in [3.05, 3.63) is 58.1 Å². The van der Waals surface area contributed by atoms with Crippen molar-refractivity contribution in [3.8, 4) is 0 Å². The lowest BCUT2D eigenvalue weighted by molar-refractivity contribution is 0.592. The lowest BCUT2D eigenvalue weighted by Crippen LogP contribution is -2.24. The van der Waals surface area contributed by atoms with Gasteiger partial charge in [-0.05, 0) is 37.1 Å². The number of benzene rings is 1. The van der Waals surface area contributed by atoms with Crippen molar-refractivity contribution in [2.45, 2.75) is 26.3 Å². The molecule has 0 aliphatic carbocycles. The van der Waals surface area contributed by atoms with Gasteiger partial charge >= 0.3 is 0 Å². The van der Waals surface area contributed by atoms with E-state index >= 15 is 0 Å². The summed E-state index contributed by atoms with van der Waals surface area (Å²) in [4.78, 5) is 8.26. The second-order valence-electron chi connectivity index (χ2n) is 4.51. The molecule has 100 valence electrons. The molecule has 1 heterocycles. The van der Waals surface area contributed by atoms with Crippen LogP contribution in [0.4, 0.5) is 0 Å². The molecule has 1 aromatic carbocycles. The summed E-state index contributed by atoms with van der Waals surface area (Å²) in [5.41, 5.74) is 3.61. The summed E-state index contributed by atoms with van der Waals surface area (Å²) in [6.45, 7) is 5.26. The maximum Gasteiger partial charge on any atom is 0.115 e. The highest BCUT2D eigenvalue weighted by Gasteiger charge is 2.16. The topological polar surface area (TPSA) is 37.8 Å². The monoisotopic (exact) mass is 319 g/mol. The number of nitrogens with one attached hydrogen (secondary N) is 1. The molecule has 0 bridgehead atoms. The molecule has 0 radical (unpaired) electrons. The molecule has 19 heavy (non-hydrogen) atoms. The molecule has 0 saturated carbocycles. The van der Waals surface area contributed by atoms with Gasteiger partial charge in [-0.2, -0.15) is 0 Å². The summed E-state index contributed by atoms with van der Waals surface area (Å²) in [5, 5.41) is 3.57. The highest BCUT2D eigenvalue weighted by atomic mass is 79.9. The molecule has 3 nitrogen and oxygen atoms in total. The first-order valence-electron chi connectivity index (χ1n) is 6.47. The van der Waals surface area contributed by atoms with Crippen molar-refractivity contribution in [3.63, 3.8) is 0 Å². The van der Waals surface area contributed by atoms with Gasteiger partial charge in [0.1, 0.15) is 6.33 Å². The molecule has 2 rings (SSSR count). The molecule has 2 aromatic rings. The van der Waals surface area contributed by atoms with Crippen LogP contribution < -0.4 is 5.32 Å². The first-order chi connectivity index (χ1) is 9.24. The van der Waals surface area contributed by atoms with E-state index in [4.69, 9.17) is 0 Å². The Kier molecular flexibility index (Phi) is 5.05. The number of aromatic nitrogens is 2. The summed E-state index contributed by atoms with van der Waals surface area (Å²) >= 11 is 3.60. The van der Waals surface area contributed by atoms with Crippen molar-refractivity contribution >= 4 is 15.9 Å². The van der Waals surface area contributed by atoms with Crippen LogP contribution in [-0.2, 0) is 0 Å². The van der Waals surface area contributed by atoms with E-state index in [-0.39, 0.29) is 6.04 Å². The molecule has 4 heteroatoms. The maximum absolute atomic E-state index is 4.13. The molecule has 0 aliphatic rings. The van der Waals surface area contributed by atoms with E-state index in [9.17, 15) is 0 Å². The Morgan fingerprint density at radius 2 is 2.00 bits per heavy atom. The predicted molar refractivity (Wildman–Crippen MR) is 81.0 cm³/mol. The molecule has 0 aliphatic heterocycles. The van der Waals surface area contributed by atoms with Crippen LogP contribution >= 0.6 is 15.9 Å². The molecule has 0 spiro atoms. The highest BCUT2D eigenvalue weighted by Crippen LogP contribution is 2.28. The SMILES string of the molecule is CCCNC(c1cncnc1)c1cccc(Br)c1C. The van der Waals surface area contributed by atoms with Gasteiger partial charge in [-0.15, -0.1) is 0 Å². The highest BCUT2D eigenvalue weighted by molar-refractivity contribution is 9.10. The van der Waals surface area contributed by atoms with E-state index in [1.807, 2.05) is 12.4 Å². The second-order valence-corrected chi connectivity index (χ2v) is 5.37. The van der Waals surface area contributed by atoms with Crippen LogP contribution in [0.25, 0.3) is 0 Å². The fourth-order valence-electron chi connectivity index (χ4n) is 2.09. The largest absolute Gasteiger partial charge is 0.306 e. The first kappa shape index (κ1) is 14.2. The third-order valence-electron chi connectivity index (χ3n) is 3.13. The molecule has 1 aromatic heterocycles. The molecular formula is C15H18BrN3. The van der Waals surface area contributed by atoms with Crippen molar-refractivity contribution in [2.24, 2.45) is 0 Å². The summed E-state index contributed by atoms with van der Waals surface area (Å²) in [7, 11) is 0. The van der Waals surface area contributed by atoms with E-state index < -0.39 is 0 Å². The van der Waals surface area contributed by atoms with Crippen molar-refractivity contribution in [1.82, 2.24) is 15.3 Å². The van der Waals surface area contributed by atoms with Crippen molar-refractivity contribution in [1.29, 1.82) is 0 Å². The van der Waals surface area contributed by atoms with Gasteiger partial charge in [0.2, 0.25) is 0 Å². The summed E-state index contributed by atoms with van der Waals surface area (Å²) in [5.74, 6) is 0. The van der Waals surface area contributed by atoms with E-state index in [0.29, 0.717) is 0 Å². The molecule has 0 amide bonds. The second kappa shape index (κ2) is 6.78. The summed E-state index contributed by atoms with van der Waals surface area (Å²) in [6, 6.07) is 6.42. The molecule has 0 saturated heterocycles. The lowest BCUT2D eigenvalue weighted by atomic mass is 9.97. The Labute approximate surface area is 122 Å². The Bertz CT molecular complexity index is 528. The summed E-state index contributed by atoms with van der Waals surface area (Å²) < 4.78 is 1.13. The van der Waals surface area contributed by atoms with Gasteiger partial charge in [-0.25, -0.2) is 9.97 Å². The van der Waals surface area contributed by atoms with Gasteiger partial charge in [0, 0.05) is 22.4 Å². The third-order valence-corrected chi connectivity index (χ3v) is 3.99. The van der Waals surface area contributed by atoms with Crippen LogP contribution in [0.2, 0.25) is 0 Å². The zero-order valence-corrected chi connectivity index (χ0v) is 12.8. The summed E-state index contributed by atoms with van der Waals surface area (Å²) in [6.07, 6.45) is 6.41. The van der Waals surface area contributed by atoms with Crippen LogP contribution in [0, 0.1) is 6.92 Å². The quantitative estimate of drug-likeness (QED) is 0.914. The van der Waals surface area contributed by atoms with E-state index in [2.05, 4.69) is 63.3 Å². The van der Waals surface area contributed by atoms with Gasteiger partial charge in [-0.1, -0.05) is 35.0 Å². The smallest absolute Gasteiger partial charge is 0.115 e. The van der Waals surface area contributed by atoms with E-state index in [1.165, 1.54) is 11.1 Å². The normalized spacial score (nSPS) is 12.4. The average molecular weight is 320 g/mol. The van der Waals surface area contributed by atoms with E-state index in [0.717, 1.165) is 23.0 Å². The van der Waals surface area contributed by atoms with Gasteiger partial charge in [0.15, 0.2) is 0 Å². The molecular weight excluding hydrogens is 302 g/mol. The number of rotatable bonds is 5. The fourth-order valence-corrected chi connectivity index (χ4v) is 2.47. The number of nitrogens with zero attached hydrogens (tertiary/aromatic N) is 2. The van der Waals surface area contributed by atoms with Gasteiger partial charge in [0.25, 0.3) is 0 Å². The predicted octanol–water partition coefficient (Wildman–Crippen LogP) is 3.64. The third kappa shape index (κ3) is 3.39. The molecule has 1 atom stereocenters. The fraction of sp³-hybridized carbons (Fsp3) is 0.333. The zero-order valence-electron chi connectivity index (χ0n) is 11.2. The molecule has 1 N–H and O–H groups in total. The Hall–Kier alpha value is -1.26. The minimum Gasteiger partial charge on any atom is -0.306 e. The standard InChI is InChI=1S/C15H18BrN3/c1-3-7-19-15(12-8-17-10-18-9-12)13-5-4-6-14(16)11(13)2/h4-6,8-10,15,19H,3,7H2,1-2H3. The Morgan fingerprint density at radius 3 is 2.68 bits per heavy atom. The number of hydrogen-bond donors (Lipinski definition) is 1. The van der Waals surface area contributed by atoms with Crippen LogP contribution in [0.3, 0.4) is 0 Å². The van der Waals surface area contributed by atoms with Gasteiger partial charge < -0.3 is 5.32 Å². The zero-order chi connectivity index (χ0) is 13.7. The molecule has 1 unspecified atom stereocenters. The first-order valence-corrected chi connectivity index (χ1v) is 7.26. The maximum atomic E-state index is 4.13. The Balaban J connectivity index is 2.40.